The number of aromatic nitrogens is 1. The van der Waals surface area contributed by atoms with Gasteiger partial charge >= 0.3 is 0 Å². The summed E-state index contributed by atoms with van der Waals surface area (Å²) >= 11 is 1.42. The number of benzene rings is 1. The molecule has 4 heteroatoms. The monoisotopic (exact) mass is 246 g/mol. The zero-order valence-corrected chi connectivity index (χ0v) is 10.5. The predicted molar refractivity (Wildman–Crippen MR) is 69.3 cm³/mol. The molecule has 0 atom stereocenters. The molecule has 0 aliphatic carbocycles. The summed E-state index contributed by atoms with van der Waals surface area (Å²) in [6.07, 6.45) is 2.47. The van der Waals surface area contributed by atoms with Crippen molar-refractivity contribution in [3.05, 3.63) is 52.0 Å². The van der Waals surface area contributed by atoms with E-state index in [0.717, 1.165) is 11.4 Å². The average Bonchev–Trinajstić information content (AvgIpc) is 2.77. The van der Waals surface area contributed by atoms with Crippen LogP contribution >= 0.6 is 11.3 Å². The summed E-state index contributed by atoms with van der Waals surface area (Å²) in [7, 11) is 0. The van der Waals surface area contributed by atoms with Crippen LogP contribution in [0, 0.1) is 6.92 Å². The SMILES string of the molecule is Cc1ncc(C(=O)NCCc2ccccc2)s1. The number of hydrogen-bond acceptors (Lipinski definition) is 3. The van der Waals surface area contributed by atoms with Crippen molar-refractivity contribution >= 4 is 17.2 Å². The van der Waals surface area contributed by atoms with E-state index in [4.69, 9.17) is 0 Å². The Bertz CT molecular complexity index is 493. The van der Waals surface area contributed by atoms with Gasteiger partial charge in [-0.3, -0.25) is 4.79 Å². The number of nitrogens with zero attached hydrogens (tertiary/aromatic N) is 1. The average molecular weight is 246 g/mol. The number of aryl methyl sites for hydroxylation is 1. The first kappa shape index (κ1) is 11.8. The van der Waals surface area contributed by atoms with E-state index in [1.54, 1.807) is 6.20 Å². The Morgan fingerprint density at radius 1 is 1.35 bits per heavy atom. The maximum atomic E-state index is 11.7. The summed E-state index contributed by atoms with van der Waals surface area (Å²) in [6, 6.07) is 10.1. The first-order chi connectivity index (χ1) is 8.25. The van der Waals surface area contributed by atoms with E-state index in [1.807, 2.05) is 25.1 Å². The third kappa shape index (κ3) is 3.39. The molecule has 0 saturated heterocycles. The molecule has 0 unspecified atom stereocenters. The molecule has 17 heavy (non-hydrogen) atoms. The molecule has 2 rings (SSSR count). The maximum Gasteiger partial charge on any atom is 0.263 e. The number of amides is 1. The smallest absolute Gasteiger partial charge is 0.263 e. The highest BCUT2D eigenvalue weighted by atomic mass is 32.1. The normalized spacial score (nSPS) is 10.2. The highest BCUT2D eigenvalue weighted by Crippen LogP contribution is 2.10. The second-order valence-corrected chi connectivity index (χ2v) is 4.97. The Morgan fingerprint density at radius 3 is 2.76 bits per heavy atom. The van der Waals surface area contributed by atoms with Gasteiger partial charge in [-0.2, -0.15) is 0 Å². The Labute approximate surface area is 105 Å². The molecule has 2 aromatic rings. The zero-order valence-electron chi connectivity index (χ0n) is 9.64. The fraction of sp³-hybridized carbons (Fsp3) is 0.231. The van der Waals surface area contributed by atoms with E-state index < -0.39 is 0 Å². The molecule has 1 aromatic carbocycles. The van der Waals surface area contributed by atoms with Crippen molar-refractivity contribution in [2.45, 2.75) is 13.3 Å². The van der Waals surface area contributed by atoms with Crippen LogP contribution in [0.15, 0.2) is 36.5 Å². The summed E-state index contributed by atoms with van der Waals surface area (Å²) in [6.45, 7) is 2.55. The van der Waals surface area contributed by atoms with Crippen molar-refractivity contribution in [3.63, 3.8) is 0 Å². The predicted octanol–water partition coefficient (Wildman–Crippen LogP) is 2.42. The summed E-state index contributed by atoms with van der Waals surface area (Å²) < 4.78 is 0. The molecule has 0 saturated carbocycles. The van der Waals surface area contributed by atoms with Gasteiger partial charge in [-0.1, -0.05) is 30.3 Å². The Kier molecular flexibility index (Phi) is 3.88. The van der Waals surface area contributed by atoms with Gasteiger partial charge in [-0.05, 0) is 18.9 Å². The quantitative estimate of drug-likeness (QED) is 0.900. The summed E-state index contributed by atoms with van der Waals surface area (Å²) in [4.78, 5) is 16.4. The number of rotatable bonds is 4. The molecule has 1 aromatic heterocycles. The van der Waals surface area contributed by atoms with Crippen LogP contribution in [0.1, 0.15) is 20.2 Å². The minimum atomic E-state index is -0.0356. The lowest BCUT2D eigenvalue weighted by Gasteiger charge is -2.03. The van der Waals surface area contributed by atoms with Crippen LogP contribution in [-0.2, 0) is 6.42 Å². The molecule has 0 aliphatic heterocycles. The summed E-state index contributed by atoms with van der Waals surface area (Å²) in [5.41, 5.74) is 1.23. The fourth-order valence-corrected chi connectivity index (χ4v) is 2.21. The standard InChI is InChI=1S/C13H14N2OS/c1-10-15-9-12(17-10)13(16)14-8-7-11-5-3-2-4-6-11/h2-6,9H,7-8H2,1H3,(H,14,16). The molecular formula is C13H14N2OS. The molecular weight excluding hydrogens is 232 g/mol. The number of carbonyl (C=O) groups excluding carboxylic acids is 1. The number of carbonyl (C=O) groups is 1. The van der Waals surface area contributed by atoms with Gasteiger partial charge in [0.15, 0.2) is 0 Å². The lowest BCUT2D eigenvalue weighted by atomic mass is 10.1. The Morgan fingerprint density at radius 2 is 2.12 bits per heavy atom. The Hall–Kier alpha value is -1.68. The van der Waals surface area contributed by atoms with Crippen molar-refractivity contribution < 1.29 is 4.79 Å². The molecule has 88 valence electrons. The fourth-order valence-electron chi connectivity index (χ4n) is 1.52. The number of nitrogens with one attached hydrogen (secondary N) is 1. The van der Waals surface area contributed by atoms with Gasteiger partial charge in [0.1, 0.15) is 4.88 Å². The van der Waals surface area contributed by atoms with Crippen LogP contribution in [0.4, 0.5) is 0 Å². The lowest BCUT2D eigenvalue weighted by Crippen LogP contribution is -2.24. The van der Waals surface area contributed by atoms with Crippen LogP contribution in [0.3, 0.4) is 0 Å². The Balaban J connectivity index is 1.81. The van der Waals surface area contributed by atoms with Crippen molar-refractivity contribution in [1.29, 1.82) is 0 Å². The minimum absolute atomic E-state index is 0.0356. The van der Waals surface area contributed by atoms with E-state index in [9.17, 15) is 4.79 Å². The van der Waals surface area contributed by atoms with Crippen molar-refractivity contribution in [1.82, 2.24) is 10.3 Å². The summed E-state index contributed by atoms with van der Waals surface area (Å²) in [5, 5.41) is 3.81. The number of hydrogen-bond donors (Lipinski definition) is 1. The first-order valence-electron chi connectivity index (χ1n) is 5.50. The van der Waals surface area contributed by atoms with E-state index in [-0.39, 0.29) is 5.91 Å². The molecule has 0 bridgehead atoms. The van der Waals surface area contributed by atoms with Crippen LogP contribution < -0.4 is 5.32 Å². The molecule has 0 aliphatic rings. The largest absolute Gasteiger partial charge is 0.351 e. The van der Waals surface area contributed by atoms with Crippen LogP contribution in [-0.4, -0.2) is 17.4 Å². The van der Waals surface area contributed by atoms with Gasteiger partial charge in [0, 0.05) is 6.54 Å². The highest BCUT2D eigenvalue weighted by Gasteiger charge is 2.07. The second kappa shape index (κ2) is 5.59. The van der Waals surface area contributed by atoms with Gasteiger partial charge in [0.05, 0.1) is 11.2 Å². The topological polar surface area (TPSA) is 42.0 Å². The van der Waals surface area contributed by atoms with Crippen LogP contribution in [0.5, 0.6) is 0 Å². The van der Waals surface area contributed by atoms with Crippen molar-refractivity contribution in [2.75, 3.05) is 6.54 Å². The van der Waals surface area contributed by atoms with E-state index >= 15 is 0 Å². The lowest BCUT2D eigenvalue weighted by molar-refractivity contribution is 0.0958. The molecule has 3 nitrogen and oxygen atoms in total. The molecule has 0 fully saturated rings. The van der Waals surface area contributed by atoms with Gasteiger partial charge in [0.25, 0.3) is 5.91 Å². The van der Waals surface area contributed by atoms with Gasteiger partial charge in [0.2, 0.25) is 0 Å². The molecule has 1 N–H and O–H groups in total. The highest BCUT2D eigenvalue weighted by molar-refractivity contribution is 7.13. The first-order valence-corrected chi connectivity index (χ1v) is 6.32. The summed E-state index contributed by atoms with van der Waals surface area (Å²) in [5.74, 6) is -0.0356. The van der Waals surface area contributed by atoms with Gasteiger partial charge < -0.3 is 5.32 Å². The van der Waals surface area contributed by atoms with E-state index in [0.29, 0.717) is 11.4 Å². The molecule has 0 radical (unpaired) electrons. The van der Waals surface area contributed by atoms with Crippen LogP contribution in [0.25, 0.3) is 0 Å². The van der Waals surface area contributed by atoms with Crippen molar-refractivity contribution in [3.8, 4) is 0 Å². The zero-order chi connectivity index (χ0) is 12.1. The minimum Gasteiger partial charge on any atom is -0.351 e. The molecule has 1 heterocycles. The van der Waals surface area contributed by atoms with Crippen LogP contribution in [0.2, 0.25) is 0 Å². The van der Waals surface area contributed by atoms with Crippen molar-refractivity contribution in [2.24, 2.45) is 0 Å². The third-order valence-corrected chi connectivity index (χ3v) is 3.30. The van der Waals surface area contributed by atoms with E-state index in [1.165, 1.54) is 16.9 Å². The molecule has 1 amide bonds. The molecule has 0 spiro atoms. The van der Waals surface area contributed by atoms with E-state index in [2.05, 4.69) is 22.4 Å². The van der Waals surface area contributed by atoms with Gasteiger partial charge in [-0.25, -0.2) is 4.98 Å². The number of thiazole rings is 1. The maximum absolute atomic E-state index is 11.7. The van der Waals surface area contributed by atoms with Gasteiger partial charge in [-0.15, -0.1) is 11.3 Å². The third-order valence-electron chi connectivity index (χ3n) is 2.39. The second-order valence-electron chi connectivity index (χ2n) is 3.74.